The molecule has 0 aliphatic heterocycles. The van der Waals surface area contributed by atoms with Gasteiger partial charge in [-0.15, -0.1) is 11.3 Å². The second kappa shape index (κ2) is 12.2. The van der Waals surface area contributed by atoms with Gasteiger partial charge in [-0.25, -0.2) is 4.98 Å². The number of para-hydroxylation sites is 1. The second-order valence-corrected chi connectivity index (χ2v) is 16.2. The molecular weight excluding hydrogens is 685 g/mol. The molecule has 260 valence electrons. The maximum absolute atomic E-state index is 5.33. The van der Waals surface area contributed by atoms with Gasteiger partial charge >= 0.3 is 0 Å². The van der Waals surface area contributed by atoms with E-state index in [1.54, 1.807) is 0 Å². The van der Waals surface area contributed by atoms with E-state index in [0.717, 1.165) is 33.8 Å². The SMILES string of the molecule is CC1(C)c2ccccc2-c2ccc(N(c3ccc(-c4ccccc4)cc3)c3ccc(-c4nc5ccccc5c5c4ccc4c6ccccc6sc45)cc3)cc21. The number of hydrogen-bond acceptors (Lipinski definition) is 3. The summed E-state index contributed by atoms with van der Waals surface area (Å²) in [5.74, 6) is 0. The van der Waals surface area contributed by atoms with Gasteiger partial charge in [0.05, 0.1) is 11.2 Å². The number of rotatable bonds is 5. The van der Waals surface area contributed by atoms with E-state index in [0.29, 0.717) is 0 Å². The predicted molar refractivity (Wildman–Crippen MR) is 235 cm³/mol. The van der Waals surface area contributed by atoms with E-state index < -0.39 is 0 Å². The maximum Gasteiger partial charge on any atom is 0.0788 e. The van der Waals surface area contributed by atoms with Gasteiger partial charge in [-0.3, -0.25) is 0 Å². The standard InChI is InChI=1S/C52H36N2S/c1-52(2)45-17-9-6-14-39(45)40-29-28-38(32-46(40)52)54(36-24-20-34(21-25-36)33-12-4-3-5-13-33)37-26-22-35(23-27-37)50-44-31-30-42-41-15-8-11-19-48(41)55-51(42)49(44)43-16-7-10-18-47(43)53-50/h3-32H,1-2H3. The number of nitrogens with zero attached hydrogens (tertiary/aromatic N) is 2. The molecule has 0 amide bonds. The minimum atomic E-state index is -0.0999. The van der Waals surface area contributed by atoms with Gasteiger partial charge in [0.25, 0.3) is 0 Å². The average molecular weight is 721 g/mol. The fourth-order valence-electron chi connectivity index (χ4n) is 8.92. The minimum Gasteiger partial charge on any atom is -0.310 e. The van der Waals surface area contributed by atoms with Crippen LogP contribution in [0, 0.1) is 0 Å². The summed E-state index contributed by atoms with van der Waals surface area (Å²) in [4.78, 5) is 7.72. The van der Waals surface area contributed by atoms with Crippen LogP contribution in [-0.2, 0) is 5.41 Å². The van der Waals surface area contributed by atoms with E-state index in [4.69, 9.17) is 4.98 Å². The average Bonchev–Trinajstić information content (AvgIpc) is 3.73. The van der Waals surface area contributed by atoms with Crippen molar-refractivity contribution in [1.82, 2.24) is 4.98 Å². The molecule has 0 bridgehead atoms. The van der Waals surface area contributed by atoms with Crippen LogP contribution < -0.4 is 4.90 Å². The third-order valence-corrected chi connectivity index (χ3v) is 12.9. The minimum absolute atomic E-state index is 0.0999. The number of aromatic nitrogens is 1. The summed E-state index contributed by atoms with van der Waals surface area (Å²) >= 11 is 1.88. The van der Waals surface area contributed by atoms with Crippen molar-refractivity contribution in [1.29, 1.82) is 0 Å². The Kier molecular flexibility index (Phi) is 7.11. The molecular formula is C52H36N2S. The molecule has 55 heavy (non-hydrogen) atoms. The van der Waals surface area contributed by atoms with E-state index in [1.165, 1.54) is 69.7 Å². The van der Waals surface area contributed by atoms with Crippen molar-refractivity contribution in [2.75, 3.05) is 4.90 Å². The Morgan fingerprint density at radius 3 is 1.85 bits per heavy atom. The Labute approximate surface area is 324 Å². The Hall–Kier alpha value is -6.55. The number of benzene rings is 8. The van der Waals surface area contributed by atoms with Crippen molar-refractivity contribution >= 4 is 70.2 Å². The van der Waals surface area contributed by atoms with Gasteiger partial charge in [0.15, 0.2) is 0 Å². The van der Waals surface area contributed by atoms with Crippen molar-refractivity contribution < 1.29 is 0 Å². The summed E-state index contributed by atoms with van der Waals surface area (Å²) < 4.78 is 2.63. The number of fused-ring (bicyclic) bond motifs is 10. The highest BCUT2D eigenvalue weighted by Gasteiger charge is 2.35. The largest absolute Gasteiger partial charge is 0.310 e. The van der Waals surface area contributed by atoms with Crippen LogP contribution in [0.3, 0.4) is 0 Å². The number of pyridine rings is 1. The molecule has 0 fully saturated rings. The first-order valence-electron chi connectivity index (χ1n) is 19.0. The summed E-state index contributed by atoms with van der Waals surface area (Å²) in [6.45, 7) is 4.70. The molecule has 1 aliphatic carbocycles. The molecule has 0 unspecified atom stereocenters. The molecule has 3 heteroatoms. The Morgan fingerprint density at radius 1 is 0.455 bits per heavy atom. The maximum atomic E-state index is 5.33. The fourth-order valence-corrected chi connectivity index (χ4v) is 10.2. The van der Waals surface area contributed by atoms with Gasteiger partial charge in [-0.2, -0.15) is 0 Å². The lowest BCUT2D eigenvalue weighted by Gasteiger charge is -2.28. The van der Waals surface area contributed by atoms with Crippen LogP contribution in [0.15, 0.2) is 182 Å². The van der Waals surface area contributed by atoms with E-state index in [2.05, 4.69) is 201 Å². The molecule has 0 spiro atoms. The van der Waals surface area contributed by atoms with Crippen molar-refractivity contribution in [3.63, 3.8) is 0 Å². The van der Waals surface area contributed by atoms with Crippen LogP contribution in [-0.4, -0.2) is 4.98 Å². The molecule has 2 aromatic heterocycles. The van der Waals surface area contributed by atoms with Crippen LogP contribution in [0.4, 0.5) is 17.1 Å². The van der Waals surface area contributed by atoms with Crippen molar-refractivity contribution in [3.05, 3.63) is 193 Å². The summed E-state index contributed by atoms with van der Waals surface area (Å²) in [5, 5.41) is 6.28. The highest BCUT2D eigenvalue weighted by molar-refractivity contribution is 7.26. The predicted octanol–water partition coefficient (Wildman–Crippen LogP) is 14.9. The van der Waals surface area contributed by atoms with Gasteiger partial charge in [0.1, 0.15) is 0 Å². The van der Waals surface area contributed by atoms with Gasteiger partial charge in [0, 0.05) is 64.4 Å². The highest BCUT2D eigenvalue weighted by Crippen LogP contribution is 2.51. The molecule has 11 rings (SSSR count). The van der Waals surface area contributed by atoms with Gasteiger partial charge in [-0.05, 0) is 81.9 Å². The van der Waals surface area contributed by atoms with Gasteiger partial charge in [-0.1, -0.05) is 147 Å². The van der Waals surface area contributed by atoms with Crippen molar-refractivity contribution in [2.24, 2.45) is 0 Å². The summed E-state index contributed by atoms with van der Waals surface area (Å²) in [6.07, 6.45) is 0. The monoisotopic (exact) mass is 720 g/mol. The summed E-state index contributed by atoms with van der Waals surface area (Å²) in [5.41, 5.74) is 14.2. The van der Waals surface area contributed by atoms with Crippen molar-refractivity contribution in [2.45, 2.75) is 19.3 Å². The molecule has 10 aromatic rings. The first kappa shape index (κ1) is 31.9. The van der Waals surface area contributed by atoms with E-state index >= 15 is 0 Å². The smallest absolute Gasteiger partial charge is 0.0788 e. The Morgan fingerprint density at radius 2 is 1.05 bits per heavy atom. The second-order valence-electron chi connectivity index (χ2n) is 15.1. The van der Waals surface area contributed by atoms with Crippen LogP contribution in [0.1, 0.15) is 25.0 Å². The van der Waals surface area contributed by atoms with Gasteiger partial charge < -0.3 is 4.90 Å². The van der Waals surface area contributed by atoms with E-state index in [1.807, 2.05) is 11.3 Å². The number of hydrogen-bond donors (Lipinski definition) is 0. The van der Waals surface area contributed by atoms with Crippen molar-refractivity contribution in [3.8, 4) is 33.5 Å². The fraction of sp³-hybridized carbons (Fsp3) is 0.0577. The first-order chi connectivity index (χ1) is 27.0. The third-order valence-electron chi connectivity index (χ3n) is 11.7. The lowest BCUT2D eigenvalue weighted by molar-refractivity contribution is 0.660. The number of anilines is 3. The zero-order chi connectivity index (χ0) is 36.7. The van der Waals surface area contributed by atoms with Crippen LogP contribution in [0.5, 0.6) is 0 Å². The van der Waals surface area contributed by atoms with Crippen LogP contribution >= 0.6 is 11.3 Å². The van der Waals surface area contributed by atoms with Crippen LogP contribution in [0.25, 0.3) is 75.4 Å². The molecule has 0 saturated carbocycles. The molecule has 2 heterocycles. The highest BCUT2D eigenvalue weighted by atomic mass is 32.1. The topological polar surface area (TPSA) is 16.1 Å². The molecule has 0 N–H and O–H groups in total. The first-order valence-corrected chi connectivity index (χ1v) is 19.8. The molecule has 2 nitrogen and oxygen atoms in total. The van der Waals surface area contributed by atoms with E-state index in [9.17, 15) is 0 Å². The molecule has 0 radical (unpaired) electrons. The molecule has 8 aromatic carbocycles. The zero-order valence-corrected chi connectivity index (χ0v) is 31.4. The third kappa shape index (κ3) is 4.97. The number of thiophene rings is 1. The van der Waals surface area contributed by atoms with E-state index in [-0.39, 0.29) is 5.41 Å². The summed E-state index contributed by atoms with van der Waals surface area (Å²) in [7, 11) is 0. The normalized spacial score (nSPS) is 13.1. The van der Waals surface area contributed by atoms with Gasteiger partial charge in [0.2, 0.25) is 0 Å². The lowest BCUT2D eigenvalue weighted by Crippen LogP contribution is -2.16. The Balaban J connectivity index is 1.07. The molecule has 0 saturated heterocycles. The summed E-state index contributed by atoms with van der Waals surface area (Å²) in [6, 6.07) is 66.4. The molecule has 0 atom stereocenters. The van der Waals surface area contributed by atoms with Crippen LogP contribution in [0.2, 0.25) is 0 Å². The lowest BCUT2D eigenvalue weighted by atomic mass is 9.82. The zero-order valence-electron chi connectivity index (χ0n) is 30.6. The quantitative estimate of drug-likeness (QED) is 0.165. The molecule has 1 aliphatic rings. The Bertz CT molecular complexity index is 3100.